The third kappa shape index (κ3) is 4.13. The Bertz CT molecular complexity index is 2380. The second-order valence-corrected chi connectivity index (χ2v) is 12.6. The summed E-state index contributed by atoms with van der Waals surface area (Å²) in [5.74, 6) is 0.714. The monoisotopic (exact) mass is 590 g/mol. The van der Waals surface area contributed by atoms with Crippen LogP contribution in [0, 0.1) is 0 Å². The fraction of sp³-hybridized carbons (Fsp3) is 0.0698. The third-order valence-corrected chi connectivity index (χ3v) is 9.47. The Morgan fingerprint density at radius 1 is 0.478 bits per heavy atom. The summed E-state index contributed by atoms with van der Waals surface area (Å²) in [7, 11) is 0. The molecule has 1 aliphatic rings. The van der Waals surface area contributed by atoms with Crippen LogP contribution < -0.4 is 0 Å². The number of nitrogens with zero attached hydrogens (tertiary/aromatic N) is 2. The van der Waals surface area contributed by atoms with E-state index in [0.29, 0.717) is 5.82 Å². The predicted octanol–water partition coefficient (Wildman–Crippen LogP) is 11.4. The molecule has 0 N–H and O–H groups in total. The van der Waals surface area contributed by atoms with Gasteiger partial charge in [-0.15, -0.1) is 0 Å². The number of benzene rings is 6. The molecule has 0 saturated heterocycles. The summed E-state index contributed by atoms with van der Waals surface area (Å²) < 4.78 is 6.64. The molecule has 3 nitrogen and oxygen atoms in total. The fourth-order valence-electron chi connectivity index (χ4n) is 7.19. The van der Waals surface area contributed by atoms with Crippen LogP contribution in [0.4, 0.5) is 0 Å². The van der Waals surface area contributed by atoms with Crippen molar-refractivity contribution in [3.63, 3.8) is 0 Å². The van der Waals surface area contributed by atoms with Gasteiger partial charge in [-0.1, -0.05) is 129 Å². The minimum Gasteiger partial charge on any atom is -0.456 e. The molecule has 0 aliphatic heterocycles. The third-order valence-electron chi connectivity index (χ3n) is 9.47. The average molecular weight is 591 g/mol. The number of hydrogen-bond acceptors (Lipinski definition) is 3. The molecule has 0 bridgehead atoms. The maximum Gasteiger partial charge on any atom is 0.160 e. The first-order valence-corrected chi connectivity index (χ1v) is 15.7. The van der Waals surface area contributed by atoms with Gasteiger partial charge in [0.1, 0.15) is 11.2 Å². The predicted molar refractivity (Wildman–Crippen MR) is 189 cm³/mol. The fourth-order valence-corrected chi connectivity index (χ4v) is 7.19. The first kappa shape index (κ1) is 26.6. The van der Waals surface area contributed by atoms with Gasteiger partial charge in [-0.2, -0.15) is 0 Å². The van der Waals surface area contributed by atoms with E-state index in [9.17, 15) is 0 Å². The zero-order chi connectivity index (χ0) is 30.8. The Balaban J connectivity index is 1.16. The van der Waals surface area contributed by atoms with E-state index in [4.69, 9.17) is 14.4 Å². The zero-order valence-corrected chi connectivity index (χ0v) is 25.7. The molecule has 46 heavy (non-hydrogen) atoms. The van der Waals surface area contributed by atoms with Crippen LogP contribution in [0.25, 0.3) is 78.1 Å². The van der Waals surface area contributed by atoms with Gasteiger partial charge in [0.25, 0.3) is 0 Å². The minimum atomic E-state index is -0.134. The van der Waals surface area contributed by atoms with E-state index in [-0.39, 0.29) is 5.41 Å². The Kier molecular flexibility index (Phi) is 5.85. The Morgan fingerprint density at radius 3 is 1.93 bits per heavy atom. The Morgan fingerprint density at radius 2 is 1.13 bits per heavy atom. The van der Waals surface area contributed by atoms with Gasteiger partial charge >= 0.3 is 0 Å². The molecule has 0 amide bonds. The molecular formula is C43H30N2O. The van der Waals surface area contributed by atoms with Gasteiger partial charge in [0, 0.05) is 38.4 Å². The van der Waals surface area contributed by atoms with Crippen molar-refractivity contribution in [3.8, 4) is 56.2 Å². The summed E-state index contributed by atoms with van der Waals surface area (Å²) in [4.78, 5) is 10.0. The van der Waals surface area contributed by atoms with Crippen LogP contribution >= 0.6 is 0 Å². The molecule has 0 fully saturated rings. The molecule has 0 spiro atoms. The van der Waals surface area contributed by atoms with Crippen molar-refractivity contribution in [1.82, 2.24) is 9.97 Å². The van der Waals surface area contributed by atoms with Gasteiger partial charge in [-0.05, 0) is 58.1 Å². The summed E-state index contributed by atoms with van der Waals surface area (Å²) in [6.45, 7) is 4.61. The summed E-state index contributed by atoms with van der Waals surface area (Å²) >= 11 is 0. The van der Waals surface area contributed by atoms with Crippen molar-refractivity contribution < 1.29 is 4.42 Å². The lowest BCUT2D eigenvalue weighted by Gasteiger charge is -2.21. The van der Waals surface area contributed by atoms with Crippen molar-refractivity contribution in [2.45, 2.75) is 19.3 Å². The highest BCUT2D eigenvalue weighted by Crippen LogP contribution is 2.52. The van der Waals surface area contributed by atoms with Crippen LogP contribution in [-0.2, 0) is 5.41 Å². The van der Waals surface area contributed by atoms with E-state index in [0.717, 1.165) is 61.1 Å². The summed E-state index contributed by atoms with van der Waals surface area (Å²) in [6.07, 6.45) is 0. The normalized spacial score (nSPS) is 13.2. The lowest BCUT2D eigenvalue weighted by Crippen LogP contribution is -2.15. The molecule has 218 valence electrons. The second-order valence-electron chi connectivity index (χ2n) is 12.6. The van der Waals surface area contributed by atoms with E-state index in [2.05, 4.69) is 123 Å². The standard InChI is InChI=1S/C43H30N2O/c1-43(2)36-19-10-9-18-32(36)33-21-22-34-35-25-30(20-23-39(35)46-41(34)40(33)43)29-16-11-17-31(24-29)38-26-37(27-12-5-3-6-13-27)44-42(45-38)28-14-7-4-8-15-28/h3-26H,1-2H3. The SMILES string of the molecule is CC1(C)c2ccccc2-c2ccc3c(oc4ccc(-c5cccc(-c6cc(-c7ccccc7)nc(-c7ccccc7)n6)c5)cc43)c21. The van der Waals surface area contributed by atoms with Gasteiger partial charge < -0.3 is 4.42 Å². The highest BCUT2D eigenvalue weighted by Gasteiger charge is 2.38. The van der Waals surface area contributed by atoms with Crippen molar-refractivity contribution >= 4 is 21.9 Å². The highest BCUT2D eigenvalue weighted by molar-refractivity contribution is 6.10. The molecule has 6 aromatic carbocycles. The molecule has 0 unspecified atom stereocenters. The summed E-state index contributed by atoms with van der Waals surface area (Å²) in [5, 5.41) is 2.29. The molecule has 2 aromatic heterocycles. The second kappa shape index (κ2) is 10.1. The quantitative estimate of drug-likeness (QED) is 0.205. The van der Waals surface area contributed by atoms with E-state index in [1.165, 1.54) is 22.3 Å². The topological polar surface area (TPSA) is 38.9 Å². The van der Waals surface area contributed by atoms with Gasteiger partial charge in [-0.25, -0.2) is 9.97 Å². The highest BCUT2D eigenvalue weighted by atomic mass is 16.3. The maximum absolute atomic E-state index is 6.64. The average Bonchev–Trinajstić information content (AvgIpc) is 3.60. The lowest BCUT2D eigenvalue weighted by atomic mass is 9.82. The smallest absolute Gasteiger partial charge is 0.160 e. The van der Waals surface area contributed by atoms with E-state index in [1.807, 2.05) is 36.4 Å². The molecule has 1 aliphatic carbocycles. The molecule has 8 aromatic rings. The van der Waals surface area contributed by atoms with E-state index in [1.54, 1.807) is 0 Å². The number of furan rings is 1. The van der Waals surface area contributed by atoms with Gasteiger partial charge in [0.15, 0.2) is 5.82 Å². The van der Waals surface area contributed by atoms with Crippen LogP contribution in [0.15, 0.2) is 150 Å². The van der Waals surface area contributed by atoms with Crippen LogP contribution in [0.5, 0.6) is 0 Å². The largest absolute Gasteiger partial charge is 0.456 e. The van der Waals surface area contributed by atoms with Crippen molar-refractivity contribution in [2.24, 2.45) is 0 Å². The minimum absolute atomic E-state index is 0.134. The first-order chi connectivity index (χ1) is 22.5. The van der Waals surface area contributed by atoms with Crippen LogP contribution in [-0.4, -0.2) is 9.97 Å². The molecule has 9 rings (SSSR count). The molecule has 3 heteroatoms. The summed E-state index contributed by atoms with van der Waals surface area (Å²) in [6, 6.07) is 51.0. The maximum atomic E-state index is 6.64. The van der Waals surface area contributed by atoms with Crippen molar-refractivity contribution in [1.29, 1.82) is 0 Å². The molecule has 0 saturated carbocycles. The summed E-state index contributed by atoms with van der Waals surface area (Å²) in [5.41, 5.74) is 14.1. The van der Waals surface area contributed by atoms with Crippen LogP contribution in [0.3, 0.4) is 0 Å². The number of aromatic nitrogens is 2. The molecule has 2 heterocycles. The lowest BCUT2D eigenvalue weighted by molar-refractivity contribution is 0.620. The molecular weight excluding hydrogens is 560 g/mol. The van der Waals surface area contributed by atoms with Crippen molar-refractivity contribution in [2.75, 3.05) is 0 Å². The van der Waals surface area contributed by atoms with Gasteiger partial charge in [0.05, 0.1) is 11.4 Å². The van der Waals surface area contributed by atoms with E-state index >= 15 is 0 Å². The van der Waals surface area contributed by atoms with E-state index < -0.39 is 0 Å². The number of rotatable bonds is 4. The van der Waals surface area contributed by atoms with Crippen LogP contribution in [0.2, 0.25) is 0 Å². The van der Waals surface area contributed by atoms with Crippen molar-refractivity contribution in [3.05, 3.63) is 157 Å². The first-order valence-electron chi connectivity index (χ1n) is 15.7. The molecule has 0 atom stereocenters. The molecule has 0 radical (unpaired) electrons. The Hall–Kier alpha value is -5.80. The Labute approximate surface area is 267 Å². The van der Waals surface area contributed by atoms with Gasteiger partial charge in [0.2, 0.25) is 0 Å². The zero-order valence-electron chi connectivity index (χ0n) is 25.7. The van der Waals surface area contributed by atoms with Crippen LogP contribution in [0.1, 0.15) is 25.0 Å². The number of hydrogen-bond donors (Lipinski definition) is 0. The van der Waals surface area contributed by atoms with Gasteiger partial charge in [-0.3, -0.25) is 0 Å². The number of fused-ring (bicyclic) bond motifs is 7.